The predicted octanol–water partition coefficient (Wildman–Crippen LogP) is 3.94. The van der Waals surface area contributed by atoms with Gasteiger partial charge in [0.05, 0.1) is 5.69 Å². The van der Waals surface area contributed by atoms with E-state index >= 15 is 0 Å². The highest BCUT2D eigenvalue weighted by atomic mass is 16.5. The van der Waals surface area contributed by atoms with Gasteiger partial charge in [0, 0.05) is 5.56 Å². The Hall–Kier alpha value is -2.09. The van der Waals surface area contributed by atoms with Crippen LogP contribution in [0.2, 0.25) is 0 Å². The minimum absolute atomic E-state index is 0.879. The third-order valence-electron chi connectivity index (χ3n) is 2.60. The van der Waals surface area contributed by atoms with Crippen molar-refractivity contribution < 1.29 is 4.52 Å². The minimum atomic E-state index is 0.879. The van der Waals surface area contributed by atoms with Crippen LogP contribution in [0.3, 0.4) is 0 Å². The average Bonchev–Trinajstić information content (AvgIpc) is 2.74. The van der Waals surface area contributed by atoms with E-state index in [0.29, 0.717) is 0 Å². The normalized spacial score (nSPS) is 10.1. The van der Waals surface area contributed by atoms with Crippen LogP contribution in [0.4, 0.5) is 0 Å². The SMILES string of the molecule is C=Cc1cccc(-c2conc2C)c1C=C. The standard InChI is InChI=1S/C14H13NO/c1-4-11-7-6-8-13(12(11)5-2)14-9-16-15-10(14)3/h4-9H,1-2H2,3H3. The molecule has 0 N–H and O–H groups in total. The Morgan fingerprint density at radius 2 is 2.00 bits per heavy atom. The Kier molecular flexibility index (Phi) is 2.73. The third-order valence-corrected chi connectivity index (χ3v) is 2.60. The van der Waals surface area contributed by atoms with E-state index in [1.807, 2.05) is 37.3 Å². The van der Waals surface area contributed by atoms with Gasteiger partial charge < -0.3 is 4.52 Å². The first kappa shape index (κ1) is 10.4. The number of hydrogen-bond donors (Lipinski definition) is 0. The van der Waals surface area contributed by atoms with E-state index in [2.05, 4.69) is 18.3 Å². The van der Waals surface area contributed by atoms with Crippen LogP contribution in [-0.4, -0.2) is 5.16 Å². The lowest BCUT2D eigenvalue weighted by molar-refractivity contribution is 0.415. The van der Waals surface area contributed by atoms with E-state index in [4.69, 9.17) is 4.52 Å². The maximum Gasteiger partial charge on any atom is 0.131 e. The largest absolute Gasteiger partial charge is 0.364 e. The lowest BCUT2D eigenvalue weighted by atomic mass is 9.96. The maximum absolute atomic E-state index is 4.96. The van der Waals surface area contributed by atoms with Gasteiger partial charge in [0.2, 0.25) is 0 Å². The lowest BCUT2D eigenvalue weighted by Crippen LogP contribution is -1.87. The number of hydrogen-bond acceptors (Lipinski definition) is 2. The average molecular weight is 211 g/mol. The van der Waals surface area contributed by atoms with Gasteiger partial charge in [-0.05, 0) is 23.6 Å². The molecule has 0 spiro atoms. The second kappa shape index (κ2) is 4.19. The zero-order chi connectivity index (χ0) is 11.5. The zero-order valence-corrected chi connectivity index (χ0v) is 9.23. The summed E-state index contributed by atoms with van der Waals surface area (Å²) in [5.74, 6) is 0. The minimum Gasteiger partial charge on any atom is -0.364 e. The second-order valence-electron chi connectivity index (χ2n) is 3.53. The molecule has 1 aromatic carbocycles. The Morgan fingerprint density at radius 1 is 1.19 bits per heavy atom. The highest BCUT2D eigenvalue weighted by Crippen LogP contribution is 2.29. The molecular weight excluding hydrogens is 198 g/mol. The van der Waals surface area contributed by atoms with Gasteiger partial charge >= 0.3 is 0 Å². The molecule has 0 amide bonds. The van der Waals surface area contributed by atoms with Gasteiger partial charge in [0.15, 0.2) is 0 Å². The Labute approximate surface area is 94.9 Å². The Morgan fingerprint density at radius 3 is 2.56 bits per heavy atom. The summed E-state index contributed by atoms with van der Waals surface area (Å²) in [6.45, 7) is 9.56. The molecule has 0 unspecified atom stereocenters. The van der Waals surface area contributed by atoms with Gasteiger partial charge in [-0.3, -0.25) is 0 Å². The number of rotatable bonds is 3. The molecule has 2 rings (SSSR count). The van der Waals surface area contributed by atoms with Crippen LogP contribution < -0.4 is 0 Å². The first-order valence-corrected chi connectivity index (χ1v) is 5.07. The van der Waals surface area contributed by atoms with Crippen LogP contribution in [0.25, 0.3) is 23.3 Å². The maximum atomic E-state index is 4.96. The van der Waals surface area contributed by atoms with Gasteiger partial charge in [-0.25, -0.2) is 0 Å². The monoisotopic (exact) mass is 211 g/mol. The molecule has 0 fully saturated rings. The zero-order valence-electron chi connectivity index (χ0n) is 9.23. The van der Waals surface area contributed by atoms with Crippen molar-refractivity contribution in [2.24, 2.45) is 0 Å². The van der Waals surface area contributed by atoms with Crippen molar-refractivity contribution in [2.75, 3.05) is 0 Å². The Balaban J connectivity index is 2.70. The van der Waals surface area contributed by atoms with E-state index < -0.39 is 0 Å². The molecule has 80 valence electrons. The van der Waals surface area contributed by atoms with Crippen molar-refractivity contribution in [3.63, 3.8) is 0 Å². The summed E-state index contributed by atoms with van der Waals surface area (Å²) in [5, 5.41) is 3.89. The molecule has 0 radical (unpaired) electrons. The van der Waals surface area contributed by atoms with E-state index in [1.165, 1.54) is 0 Å². The summed E-state index contributed by atoms with van der Waals surface area (Å²) in [6.07, 6.45) is 5.31. The van der Waals surface area contributed by atoms with Gasteiger partial charge in [-0.1, -0.05) is 48.7 Å². The van der Waals surface area contributed by atoms with Gasteiger partial charge in [-0.15, -0.1) is 0 Å². The van der Waals surface area contributed by atoms with E-state index in [0.717, 1.165) is 27.9 Å². The fraction of sp³-hybridized carbons (Fsp3) is 0.0714. The van der Waals surface area contributed by atoms with E-state index in [-0.39, 0.29) is 0 Å². The molecule has 0 bridgehead atoms. The van der Waals surface area contributed by atoms with Gasteiger partial charge in [0.1, 0.15) is 6.26 Å². The highest BCUT2D eigenvalue weighted by molar-refractivity contribution is 5.80. The van der Waals surface area contributed by atoms with Crippen LogP contribution in [0, 0.1) is 6.92 Å². The fourth-order valence-electron chi connectivity index (χ4n) is 1.77. The summed E-state index contributed by atoms with van der Waals surface area (Å²) < 4.78 is 4.96. The molecule has 0 aliphatic heterocycles. The topological polar surface area (TPSA) is 26.0 Å². The predicted molar refractivity (Wildman–Crippen MR) is 66.9 cm³/mol. The number of aromatic nitrogens is 1. The number of nitrogens with zero attached hydrogens (tertiary/aromatic N) is 1. The molecule has 2 nitrogen and oxygen atoms in total. The van der Waals surface area contributed by atoms with Crippen LogP contribution in [0.5, 0.6) is 0 Å². The molecule has 1 aromatic heterocycles. The highest BCUT2D eigenvalue weighted by Gasteiger charge is 2.10. The second-order valence-corrected chi connectivity index (χ2v) is 3.53. The molecule has 1 heterocycles. The van der Waals surface area contributed by atoms with Crippen LogP contribution in [-0.2, 0) is 0 Å². The smallest absolute Gasteiger partial charge is 0.131 e. The summed E-state index contributed by atoms with van der Waals surface area (Å²) in [6, 6.07) is 6.03. The number of benzene rings is 1. The van der Waals surface area contributed by atoms with Gasteiger partial charge in [-0.2, -0.15) is 0 Å². The lowest BCUT2D eigenvalue weighted by Gasteiger charge is -2.07. The van der Waals surface area contributed by atoms with Crippen LogP contribution >= 0.6 is 0 Å². The third kappa shape index (κ3) is 1.58. The first-order valence-electron chi connectivity index (χ1n) is 5.07. The molecule has 0 aliphatic rings. The summed E-state index contributed by atoms with van der Waals surface area (Å²) in [5.41, 5.74) is 5.07. The molecule has 0 saturated heterocycles. The quantitative estimate of drug-likeness (QED) is 0.768. The molecule has 0 aliphatic carbocycles. The Bertz CT molecular complexity index is 537. The first-order chi connectivity index (χ1) is 7.77. The van der Waals surface area contributed by atoms with E-state index in [1.54, 1.807) is 6.26 Å². The van der Waals surface area contributed by atoms with Crippen molar-refractivity contribution in [2.45, 2.75) is 6.92 Å². The van der Waals surface area contributed by atoms with Crippen molar-refractivity contribution in [3.8, 4) is 11.1 Å². The molecule has 2 heteroatoms. The fourth-order valence-corrected chi connectivity index (χ4v) is 1.77. The molecular formula is C14H13NO. The van der Waals surface area contributed by atoms with Crippen molar-refractivity contribution in [1.82, 2.24) is 5.16 Å². The van der Waals surface area contributed by atoms with Crippen molar-refractivity contribution in [3.05, 3.63) is 54.4 Å². The number of aryl methyl sites for hydroxylation is 1. The summed E-state index contributed by atoms with van der Waals surface area (Å²) in [4.78, 5) is 0. The summed E-state index contributed by atoms with van der Waals surface area (Å²) in [7, 11) is 0. The molecule has 2 aromatic rings. The van der Waals surface area contributed by atoms with Crippen molar-refractivity contribution >= 4 is 12.2 Å². The van der Waals surface area contributed by atoms with Crippen molar-refractivity contribution in [1.29, 1.82) is 0 Å². The molecule has 16 heavy (non-hydrogen) atoms. The molecule has 0 saturated carbocycles. The van der Waals surface area contributed by atoms with Crippen LogP contribution in [0.1, 0.15) is 16.8 Å². The summed E-state index contributed by atoms with van der Waals surface area (Å²) >= 11 is 0. The molecule has 0 atom stereocenters. The van der Waals surface area contributed by atoms with E-state index in [9.17, 15) is 0 Å². The van der Waals surface area contributed by atoms with Gasteiger partial charge in [0.25, 0.3) is 0 Å². The van der Waals surface area contributed by atoms with Crippen LogP contribution in [0.15, 0.2) is 42.1 Å².